The molecule has 2 heterocycles. The summed E-state index contributed by atoms with van der Waals surface area (Å²) in [7, 11) is 0. The fourth-order valence-electron chi connectivity index (χ4n) is 3.43. The molecular weight excluding hydrogens is 276 g/mol. The van der Waals surface area contributed by atoms with Crippen molar-refractivity contribution in [1.29, 1.82) is 0 Å². The number of fused-ring (bicyclic) bond motifs is 1. The number of ether oxygens (including phenoxy) is 1. The SMILES string of the molecule is O=C(c1ccc2c(c1)COC2)N1CCC(NCC2CC2)CC1. The summed E-state index contributed by atoms with van der Waals surface area (Å²) in [5, 5.41) is 3.66. The molecule has 0 radical (unpaired) electrons. The number of nitrogens with zero attached hydrogens (tertiary/aromatic N) is 1. The topological polar surface area (TPSA) is 41.6 Å². The third-order valence-electron chi connectivity index (χ3n) is 5.14. The maximum Gasteiger partial charge on any atom is 0.253 e. The van der Waals surface area contributed by atoms with Crippen LogP contribution >= 0.6 is 0 Å². The quantitative estimate of drug-likeness (QED) is 0.928. The number of piperidine rings is 1. The Labute approximate surface area is 131 Å². The van der Waals surface area contributed by atoms with Crippen LogP contribution in [0.5, 0.6) is 0 Å². The summed E-state index contributed by atoms with van der Waals surface area (Å²) >= 11 is 0. The number of nitrogens with one attached hydrogen (secondary N) is 1. The van der Waals surface area contributed by atoms with Gasteiger partial charge in [-0.15, -0.1) is 0 Å². The Morgan fingerprint density at radius 1 is 1.14 bits per heavy atom. The summed E-state index contributed by atoms with van der Waals surface area (Å²) < 4.78 is 5.43. The maximum absolute atomic E-state index is 12.6. The summed E-state index contributed by atoms with van der Waals surface area (Å²) in [6, 6.07) is 6.60. The summed E-state index contributed by atoms with van der Waals surface area (Å²) in [4.78, 5) is 14.7. The van der Waals surface area contributed by atoms with Crippen LogP contribution in [0.3, 0.4) is 0 Å². The zero-order chi connectivity index (χ0) is 14.9. The van der Waals surface area contributed by atoms with Gasteiger partial charge < -0.3 is 15.0 Å². The van der Waals surface area contributed by atoms with E-state index in [1.54, 1.807) is 0 Å². The average Bonchev–Trinajstić information content (AvgIpc) is 3.27. The van der Waals surface area contributed by atoms with E-state index in [9.17, 15) is 4.79 Å². The Kier molecular flexibility index (Phi) is 3.89. The van der Waals surface area contributed by atoms with Crippen LogP contribution in [-0.4, -0.2) is 36.5 Å². The molecule has 0 unspecified atom stereocenters. The van der Waals surface area contributed by atoms with Crippen LogP contribution in [0.4, 0.5) is 0 Å². The molecule has 1 amide bonds. The molecule has 0 spiro atoms. The lowest BCUT2D eigenvalue weighted by Gasteiger charge is -2.32. The van der Waals surface area contributed by atoms with Crippen molar-refractivity contribution >= 4 is 5.91 Å². The van der Waals surface area contributed by atoms with Crippen LogP contribution in [0.2, 0.25) is 0 Å². The first-order valence-electron chi connectivity index (χ1n) is 8.52. The maximum atomic E-state index is 12.6. The Bertz CT molecular complexity index is 560. The summed E-state index contributed by atoms with van der Waals surface area (Å²) in [5.74, 6) is 1.10. The third kappa shape index (κ3) is 3.03. The van der Waals surface area contributed by atoms with E-state index >= 15 is 0 Å². The molecule has 1 saturated heterocycles. The number of benzene rings is 1. The molecule has 0 atom stereocenters. The normalized spacial score (nSPS) is 21.9. The smallest absolute Gasteiger partial charge is 0.253 e. The number of hydrogen-bond acceptors (Lipinski definition) is 3. The number of rotatable bonds is 4. The van der Waals surface area contributed by atoms with Crippen molar-refractivity contribution in [3.63, 3.8) is 0 Å². The van der Waals surface area contributed by atoms with E-state index < -0.39 is 0 Å². The second kappa shape index (κ2) is 6.01. The highest BCUT2D eigenvalue weighted by Gasteiger charge is 2.26. The predicted molar refractivity (Wildman–Crippen MR) is 84.6 cm³/mol. The molecule has 3 aliphatic rings. The predicted octanol–water partition coefficient (Wildman–Crippen LogP) is 2.32. The van der Waals surface area contributed by atoms with Gasteiger partial charge in [0.2, 0.25) is 0 Å². The molecule has 2 fully saturated rings. The zero-order valence-corrected chi connectivity index (χ0v) is 13.0. The third-order valence-corrected chi connectivity index (χ3v) is 5.14. The molecule has 2 aliphatic heterocycles. The minimum absolute atomic E-state index is 0.176. The Morgan fingerprint density at radius 2 is 1.91 bits per heavy atom. The molecule has 22 heavy (non-hydrogen) atoms. The molecule has 0 bridgehead atoms. The molecule has 0 aromatic heterocycles. The van der Waals surface area contributed by atoms with E-state index in [1.165, 1.54) is 30.5 Å². The zero-order valence-electron chi connectivity index (χ0n) is 13.0. The fourth-order valence-corrected chi connectivity index (χ4v) is 3.43. The molecular formula is C18H24N2O2. The van der Waals surface area contributed by atoms with Crippen LogP contribution < -0.4 is 5.32 Å². The molecule has 1 N–H and O–H groups in total. The number of carbonyl (C=O) groups excluding carboxylic acids is 1. The Balaban J connectivity index is 1.33. The molecule has 118 valence electrons. The standard InChI is InChI=1S/C18H24N2O2/c21-18(14-3-4-15-11-22-12-16(15)9-14)20-7-5-17(6-8-20)19-10-13-1-2-13/h3-4,9,13,17,19H,1-2,5-8,10-12H2. The van der Waals surface area contributed by atoms with Gasteiger partial charge in [-0.2, -0.15) is 0 Å². The first kappa shape index (κ1) is 14.2. The van der Waals surface area contributed by atoms with Gasteiger partial charge in [-0.1, -0.05) is 6.07 Å². The van der Waals surface area contributed by atoms with Crippen LogP contribution in [0, 0.1) is 5.92 Å². The number of amides is 1. The van der Waals surface area contributed by atoms with Gasteiger partial charge in [-0.3, -0.25) is 4.79 Å². The van der Waals surface area contributed by atoms with Gasteiger partial charge in [-0.25, -0.2) is 0 Å². The minimum Gasteiger partial charge on any atom is -0.372 e. The van der Waals surface area contributed by atoms with Crippen molar-refractivity contribution in [2.45, 2.75) is 44.9 Å². The van der Waals surface area contributed by atoms with E-state index in [4.69, 9.17) is 4.74 Å². The minimum atomic E-state index is 0.176. The molecule has 1 saturated carbocycles. The van der Waals surface area contributed by atoms with Crippen LogP contribution in [0.15, 0.2) is 18.2 Å². The Morgan fingerprint density at radius 3 is 2.68 bits per heavy atom. The van der Waals surface area contributed by atoms with Gasteiger partial charge in [-0.05, 0) is 61.4 Å². The number of hydrogen-bond donors (Lipinski definition) is 1. The summed E-state index contributed by atoms with van der Waals surface area (Å²) in [6.45, 7) is 4.23. The molecule has 1 aliphatic carbocycles. The molecule has 4 nitrogen and oxygen atoms in total. The average molecular weight is 300 g/mol. The highest BCUT2D eigenvalue weighted by molar-refractivity contribution is 5.94. The van der Waals surface area contributed by atoms with E-state index in [0.29, 0.717) is 19.3 Å². The van der Waals surface area contributed by atoms with Crippen molar-refractivity contribution < 1.29 is 9.53 Å². The van der Waals surface area contributed by atoms with E-state index in [1.807, 2.05) is 23.1 Å². The molecule has 4 rings (SSSR count). The van der Waals surface area contributed by atoms with Gasteiger partial charge in [0, 0.05) is 24.7 Å². The largest absolute Gasteiger partial charge is 0.372 e. The number of likely N-dealkylation sites (tertiary alicyclic amines) is 1. The lowest BCUT2D eigenvalue weighted by molar-refractivity contribution is 0.0705. The van der Waals surface area contributed by atoms with Crippen molar-refractivity contribution in [3.05, 3.63) is 34.9 Å². The monoisotopic (exact) mass is 300 g/mol. The lowest BCUT2D eigenvalue weighted by atomic mass is 10.0. The van der Waals surface area contributed by atoms with Crippen molar-refractivity contribution in [2.75, 3.05) is 19.6 Å². The van der Waals surface area contributed by atoms with Gasteiger partial charge >= 0.3 is 0 Å². The van der Waals surface area contributed by atoms with Crippen LogP contribution in [-0.2, 0) is 18.0 Å². The van der Waals surface area contributed by atoms with E-state index in [-0.39, 0.29) is 5.91 Å². The molecule has 1 aromatic carbocycles. The Hall–Kier alpha value is -1.39. The first-order valence-corrected chi connectivity index (χ1v) is 8.52. The van der Waals surface area contributed by atoms with Gasteiger partial charge in [0.1, 0.15) is 0 Å². The second-order valence-corrected chi connectivity index (χ2v) is 6.89. The molecule has 1 aromatic rings. The highest BCUT2D eigenvalue weighted by Crippen LogP contribution is 2.28. The summed E-state index contributed by atoms with van der Waals surface area (Å²) in [5.41, 5.74) is 3.21. The lowest BCUT2D eigenvalue weighted by Crippen LogP contribution is -2.45. The molecule has 4 heteroatoms. The number of carbonyl (C=O) groups is 1. The van der Waals surface area contributed by atoms with Gasteiger partial charge in [0.15, 0.2) is 0 Å². The van der Waals surface area contributed by atoms with Gasteiger partial charge in [0.05, 0.1) is 13.2 Å². The van der Waals surface area contributed by atoms with Gasteiger partial charge in [0.25, 0.3) is 5.91 Å². The van der Waals surface area contributed by atoms with E-state index in [2.05, 4.69) is 5.32 Å². The van der Waals surface area contributed by atoms with Crippen molar-refractivity contribution in [2.24, 2.45) is 5.92 Å². The fraction of sp³-hybridized carbons (Fsp3) is 0.611. The summed E-state index contributed by atoms with van der Waals surface area (Å²) in [6.07, 6.45) is 4.94. The van der Waals surface area contributed by atoms with Crippen LogP contribution in [0.1, 0.15) is 47.2 Å². The van der Waals surface area contributed by atoms with Crippen molar-refractivity contribution in [3.8, 4) is 0 Å². The second-order valence-electron chi connectivity index (χ2n) is 6.89. The highest BCUT2D eigenvalue weighted by atomic mass is 16.5. The van der Waals surface area contributed by atoms with E-state index in [0.717, 1.165) is 37.4 Å². The first-order chi connectivity index (χ1) is 10.8. The van der Waals surface area contributed by atoms with Crippen LogP contribution in [0.25, 0.3) is 0 Å². The van der Waals surface area contributed by atoms with Crippen molar-refractivity contribution in [1.82, 2.24) is 10.2 Å².